The Bertz CT molecular complexity index is 106. The molecule has 0 aliphatic carbocycles. The summed E-state index contributed by atoms with van der Waals surface area (Å²) in [7, 11) is 2.23. The average molecular weight is 126 g/mol. The topological polar surface area (TPSA) is 15.3 Å². The fourth-order valence-corrected chi connectivity index (χ4v) is 2.04. The van der Waals surface area contributed by atoms with E-state index in [0.29, 0.717) is 0 Å². The number of piperazine rings is 1. The van der Waals surface area contributed by atoms with Gasteiger partial charge in [-0.1, -0.05) is 0 Å². The summed E-state index contributed by atoms with van der Waals surface area (Å²) in [6.45, 7) is 3.52. The number of rotatable bonds is 0. The molecular formula is C7H14N2. The van der Waals surface area contributed by atoms with Crippen LogP contribution in [0.3, 0.4) is 0 Å². The molecule has 0 radical (unpaired) electrons. The van der Waals surface area contributed by atoms with E-state index in [1.165, 1.54) is 13.0 Å². The van der Waals surface area contributed by atoms with Crippen LogP contribution in [0.15, 0.2) is 0 Å². The molecule has 2 nitrogen and oxygen atoms in total. The van der Waals surface area contributed by atoms with Gasteiger partial charge in [-0.3, -0.25) is 4.90 Å². The Kier molecular flexibility index (Phi) is 1.08. The van der Waals surface area contributed by atoms with Crippen LogP contribution in [0.5, 0.6) is 0 Å². The molecule has 3 atom stereocenters. The van der Waals surface area contributed by atoms with E-state index in [4.69, 9.17) is 0 Å². The summed E-state index contributed by atoms with van der Waals surface area (Å²) in [4.78, 5) is 2.49. The van der Waals surface area contributed by atoms with Gasteiger partial charge in [0.15, 0.2) is 0 Å². The zero-order valence-electron chi connectivity index (χ0n) is 6.09. The molecular weight excluding hydrogens is 112 g/mol. The van der Waals surface area contributed by atoms with E-state index in [2.05, 4.69) is 24.2 Å². The molecule has 9 heavy (non-hydrogen) atoms. The lowest BCUT2D eigenvalue weighted by Gasteiger charge is -2.29. The molecule has 52 valence electrons. The SMILES string of the molecule is CC1[C@@H]2C[C@@H](CN2)N1C. The summed E-state index contributed by atoms with van der Waals surface area (Å²) >= 11 is 0. The van der Waals surface area contributed by atoms with Crippen molar-refractivity contribution in [2.75, 3.05) is 13.6 Å². The lowest BCUT2D eigenvalue weighted by atomic mass is 10.2. The third-order valence-corrected chi connectivity index (χ3v) is 2.94. The van der Waals surface area contributed by atoms with Crippen LogP contribution in [-0.2, 0) is 0 Å². The Labute approximate surface area is 56.2 Å². The molecule has 2 rings (SSSR count). The minimum Gasteiger partial charge on any atom is -0.311 e. The smallest absolute Gasteiger partial charge is 0.0236 e. The first-order valence-electron chi connectivity index (χ1n) is 3.74. The van der Waals surface area contributed by atoms with E-state index < -0.39 is 0 Å². The first-order valence-corrected chi connectivity index (χ1v) is 3.74. The van der Waals surface area contributed by atoms with Crippen LogP contribution >= 0.6 is 0 Å². The summed E-state index contributed by atoms with van der Waals surface area (Å²) < 4.78 is 0. The summed E-state index contributed by atoms with van der Waals surface area (Å²) in [6, 6.07) is 2.40. The quantitative estimate of drug-likeness (QED) is 0.493. The molecule has 0 aromatic rings. The highest BCUT2D eigenvalue weighted by Gasteiger charge is 2.40. The van der Waals surface area contributed by atoms with Crippen molar-refractivity contribution in [1.29, 1.82) is 0 Å². The van der Waals surface area contributed by atoms with Crippen molar-refractivity contribution in [3.8, 4) is 0 Å². The Morgan fingerprint density at radius 2 is 2.33 bits per heavy atom. The maximum absolute atomic E-state index is 3.49. The lowest BCUT2D eigenvalue weighted by molar-refractivity contribution is 0.207. The molecule has 0 aromatic heterocycles. The summed E-state index contributed by atoms with van der Waals surface area (Å²) in [6.07, 6.45) is 1.37. The van der Waals surface area contributed by atoms with Crippen LogP contribution in [-0.4, -0.2) is 36.6 Å². The van der Waals surface area contributed by atoms with Gasteiger partial charge in [0.2, 0.25) is 0 Å². The standard InChI is InChI=1S/C7H14N2/c1-5-7-3-6(4-8-7)9(5)2/h5-8H,3-4H2,1-2H3/t5?,6-,7-/m0/s1. The van der Waals surface area contributed by atoms with Crippen molar-refractivity contribution < 1.29 is 0 Å². The molecule has 0 saturated carbocycles. The zero-order chi connectivity index (χ0) is 6.43. The van der Waals surface area contributed by atoms with E-state index in [1.54, 1.807) is 0 Å². The number of likely N-dealkylation sites (N-methyl/N-ethyl adjacent to an activating group) is 1. The van der Waals surface area contributed by atoms with Crippen molar-refractivity contribution in [3.05, 3.63) is 0 Å². The summed E-state index contributed by atoms with van der Waals surface area (Å²) in [5, 5.41) is 3.49. The highest BCUT2D eigenvalue weighted by Crippen LogP contribution is 2.26. The van der Waals surface area contributed by atoms with Crippen molar-refractivity contribution in [1.82, 2.24) is 10.2 Å². The third-order valence-electron chi connectivity index (χ3n) is 2.94. The van der Waals surface area contributed by atoms with Crippen molar-refractivity contribution in [2.24, 2.45) is 0 Å². The monoisotopic (exact) mass is 126 g/mol. The van der Waals surface area contributed by atoms with Gasteiger partial charge in [-0.2, -0.15) is 0 Å². The second-order valence-electron chi connectivity index (χ2n) is 3.31. The van der Waals surface area contributed by atoms with Crippen molar-refractivity contribution in [3.63, 3.8) is 0 Å². The van der Waals surface area contributed by atoms with E-state index in [1.807, 2.05) is 0 Å². The highest BCUT2D eigenvalue weighted by atomic mass is 15.3. The van der Waals surface area contributed by atoms with Crippen LogP contribution in [0, 0.1) is 0 Å². The van der Waals surface area contributed by atoms with Gasteiger partial charge in [0.05, 0.1) is 0 Å². The second kappa shape index (κ2) is 1.70. The highest BCUT2D eigenvalue weighted by molar-refractivity contribution is 5.01. The van der Waals surface area contributed by atoms with Gasteiger partial charge in [-0.05, 0) is 20.4 Å². The zero-order valence-corrected chi connectivity index (χ0v) is 6.09. The lowest BCUT2D eigenvalue weighted by Crippen LogP contribution is -2.47. The fourth-order valence-electron chi connectivity index (χ4n) is 2.04. The van der Waals surface area contributed by atoms with Gasteiger partial charge in [0.1, 0.15) is 0 Å². The minimum absolute atomic E-state index is 0.767. The van der Waals surface area contributed by atoms with Gasteiger partial charge < -0.3 is 5.32 Å². The molecule has 2 heterocycles. The van der Waals surface area contributed by atoms with Gasteiger partial charge in [0.25, 0.3) is 0 Å². The number of nitrogens with zero attached hydrogens (tertiary/aromatic N) is 1. The maximum Gasteiger partial charge on any atom is 0.0236 e. The molecule has 2 aliphatic heterocycles. The van der Waals surface area contributed by atoms with Crippen LogP contribution in [0.1, 0.15) is 13.3 Å². The first-order chi connectivity index (χ1) is 4.29. The summed E-state index contributed by atoms with van der Waals surface area (Å²) in [5.41, 5.74) is 0. The molecule has 2 saturated heterocycles. The van der Waals surface area contributed by atoms with Gasteiger partial charge in [-0.15, -0.1) is 0 Å². The molecule has 0 aromatic carbocycles. The number of hydrogen-bond donors (Lipinski definition) is 1. The molecule has 0 amide bonds. The number of hydrogen-bond acceptors (Lipinski definition) is 2. The van der Waals surface area contributed by atoms with E-state index >= 15 is 0 Å². The predicted octanol–water partition coefficient (Wildman–Crippen LogP) is 0.0508. The molecule has 2 heteroatoms. The Hall–Kier alpha value is -0.0800. The molecule has 2 fully saturated rings. The number of fused-ring (bicyclic) bond motifs is 2. The molecule has 1 N–H and O–H groups in total. The van der Waals surface area contributed by atoms with Crippen LogP contribution in [0.4, 0.5) is 0 Å². The fraction of sp³-hybridized carbons (Fsp3) is 1.00. The Morgan fingerprint density at radius 3 is 2.67 bits per heavy atom. The minimum atomic E-state index is 0.767. The average Bonchev–Trinajstić information content (AvgIpc) is 2.37. The maximum atomic E-state index is 3.49. The van der Waals surface area contributed by atoms with Crippen LogP contribution in [0.2, 0.25) is 0 Å². The van der Waals surface area contributed by atoms with Crippen LogP contribution in [0.25, 0.3) is 0 Å². The number of likely N-dealkylation sites (tertiary alicyclic amines) is 1. The first kappa shape index (κ1) is 5.69. The molecule has 0 spiro atoms. The second-order valence-corrected chi connectivity index (χ2v) is 3.31. The van der Waals surface area contributed by atoms with Gasteiger partial charge >= 0.3 is 0 Å². The number of nitrogens with one attached hydrogen (secondary N) is 1. The van der Waals surface area contributed by atoms with Gasteiger partial charge in [0, 0.05) is 24.7 Å². The van der Waals surface area contributed by atoms with Crippen molar-refractivity contribution >= 4 is 0 Å². The Balaban J connectivity index is 2.15. The third kappa shape index (κ3) is 0.634. The van der Waals surface area contributed by atoms with E-state index in [9.17, 15) is 0 Å². The predicted molar refractivity (Wildman–Crippen MR) is 37.4 cm³/mol. The van der Waals surface area contributed by atoms with Gasteiger partial charge in [-0.25, -0.2) is 0 Å². The van der Waals surface area contributed by atoms with E-state index in [0.717, 1.165) is 18.1 Å². The largest absolute Gasteiger partial charge is 0.311 e. The molecule has 2 aliphatic rings. The molecule has 1 unspecified atom stereocenters. The summed E-state index contributed by atoms with van der Waals surface area (Å²) in [5.74, 6) is 0. The molecule has 2 bridgehead atoms. The normalized spacial score (nSPS) is 50.7. The Morgan fingerprint density at radius 1 is 1.56 bits per heavy atom. The van der Waals surface area contributed by atoms with E-state index in [-0.39, 0.29) is 0 Å². The van der Waals surface area contributed by atoms with Crippen molar-refractivity contribution in [2.45, 2.75) is 31.5 Å². The van der Waals surface area contributed by atoms with Crippen LogP contribution < -0.4 is 5.32 Å².